The maximum atomic E-state index is 5.55. The van der Waals surface area contributed by atoms with E-state index in [0.29, 0.717) is 6.61 Å². The molecule has 0 amide bonds. The molecular formula is C20H30O. The van der Waals surface area contributed by atoms with E-state index in [-0.39, 0.29) is 0 Å². The van der Waals surface area contributed by atoms with E-state index in [2.05, 4.69) is 37.8 Å². The predicted molar refractivity (Wildman–Crippen MR) is 91.0 cm³/mol. The number of hydrogen-bond acceptors (Lipinski definition) is 1. The molecule has 0 bridgehead atoms. The van der Waals surface area contributed by atoms with Crippen molar-refractivity contribution in [3.63, 3.8) is 0 Å². The van der Waals surface area contributed by atoms with E-state index in [1.54, 1.807) is 6.08 Å². The lowest BCUT2D eigenvalue weighted by atomic mass is 9.77. The summed E-state index contributed by atoms with van der Waals surface area (Å²) in [5, 5.41) is 0. The average molecular weight is 286 g/mol. The Kier molecular flexibility index (Phi) is 6.85. The van der Waals surface area contributed by atoms with E-state index in [1.165, 1.54) is 56.9 Å². The number of rotatable bonds is 8. The third-order valence-corrected chi connectivity index (χ3v) is 4.78. The molecule has 21 heavy (non-hydrogen) atoms. The van der Waals surface area contributed by atoms with Crippen LogP contribution in [-0.2, 0) is 0 Å². The van der Waals surface area contributed by atoms with Crippen molar-refractivity contribution in [3.8, 4) is 5.75 Å². The molecule has 1 heteroatoms. The van der Waals surface area contributed by atoms with Gasteiger partial charge in [0.1, 0.15) is 12.4 Å². The Hall–Kier alpha value is -1.24. The van der Waals surface area contributed by atoms with Crippen LogP contribution in [0.15, 0.2) is 36.9 Å². The highest BCUT2D eigenvalue weighted by Gasteiger charge is 2.21. The largest absolute Gasteiger partial charge is 0.490 e. The minimum atomic E-state index is 0.586. The Bertz CT molecular complexity index is 398. The van der Waals surface area contributed by atoms with Crippen molar-refractivity contribution in [2.24, 2.45) is 5.92 Å². The van der Waals surface area contributed by atoms with E-state index in [1.807, 2.05) is 0 Å². The van der Waals surface area contributed by atoms with E-state index >= 15 is 0 Å². The van der Waals surface area contributed by atoms with Crippen molar-refractivity contribution in [3.05, 3.63) is 42.5 Å². The Morgan fingerprint density at radius 2 is 1.81 bits per heavy atom. The molecule has 0 unspecified atom stereocenters. The van der Waals surface area contributed by atoms with Gasteiger partial charge in [0.25, 0.3) is 0 Å². The lowest BCUT2D eigenvalue weighted by Gasteiger charge is -2.29. The highest BCUT2D eigenvalue weighted by molar-refractivity contribution is 5.29. The van der Waals surface area contributed by atoms with Gasteiger partial charge in [0.2, 0.25) is 0 Å². The van der Waals surface area contributed by atoms with Crippen molar-refractivity contribution >= 4 is 0 Å². The smallest absolute Gasteiger partial charge is 0.119 e. The molecule has 0 saturated heterocycles. The van der Waals surface area contributed by atoms with Crippen LogP contribution in [0, 0.1) is 5.92 Å². The van der Waals surface area contributed by atoms with Crippen molar-refractivity contribution in [2.45, 2.75) is 64.2 Å². The maximum Gasteiger partial charge on any atom is 0.119 e. The molecule has 116 valence electrons. The van der Waals surface area contributed by atoms with Crippen LogP contribution in [0.4, 0.5) is 0 Å². The Balaban J connectivity index is 1.77. The lowest BCUT2D eigenvalue weighted by molar-refractivity contribution is 0.302. The van der Waals surface area contributed by atoms with E-state index < -0.39 is 0 Å². The molecule has 1 fully saturated rings. The standard InChI is InChI=1S/C20H30O/c1-3-5-6-7-17-8-10-18(11-9-17)19-12-14-20(15-13-19)21-16-4-2/h4,12-15,17-18H,2-3,5-11,16H2,1H3. The molecule has 0 radical (unpaired) electrons. The summed E-state index contributed by atoms with van der Waals surface area (Å²) in [4.78, 5) is 0. The zero-order chi connectivity index (χ0) is 14.9. The van der Waals surface area contributed by atoms with Gasteiger partial charge in [-0.15, -0.1) is 0 Å². The summed E-state index contributed by atoms with van der Waals surface area (Å²) in [7, 11) is 0. The van der Waals surface area contributed by atoms with Crippen molar-refractivity contribution in [2.75, 3.05) is 6.61 Å². The first kappa shape index (κ1) is 16.1. The highest BCUT2D eigenvalue weighted by Crippen LogP contribution is 2.38. The molecule has 0 aliphatic heterocycles. The number of benzene rings is 1. The summed E-state index contributed by atoms with van der Waals surface area (Å²) in [5.74, 6) is 2.70. The highest BCUT2D eigenvalue weighted by atomic mass is 16.5. The second-order valence-electron chi connectivity index (χ2n) is 6.38. The summed E-state index contributed by atoms with van der Waals surface area (Å²) in [6.07, 6.45) is 13.0. The van der Waals surface area contributed by atoms with Gasteiger partial charge in [-0.25, -0.2) is 0 Å². The summed E-state index contributed by atoms with van der Waals surface area (Å²) < 4.78 is 5.55. The van der Waals surface area contributed by atoms with Gasteiger partial charge in [-0.3, -0.25) is 0 Å². The molecule has 0 spiro atoms. The summed E-state index contributed by atoms with van der Waals surface area (Å²) in [6, 6.07) is 8.71. The number of hydrogen-bond donors (Lipinski definition) is 0. The van der Waals surface area contributed by atoms with E-state index in [9.17, 15) is 0 Å². The van der Waals surface area contributed by atoms with E-state index in [0.717, 1.165) is 17.6 Å². The van der Waals surface area contributed by atoms with Crippen LogP contribution >= 0.6 is 0 Å². The molecule has 1 nitrogen and oxygen atoms in total. The van der Waals surface area contributed by atoms with Crippen LogP contribution in [-0.4, -0.2) is 6.61 Å². The Labute approximate surface area is 130 Å². The SMILES string of the molecule is C=CCOc1ccc(C2CCC(CCCCC)CC2)cc1. The van der Waals surface area contributed by atoms with Crippen LogP contribution in [0.2, 0.25) is 0 Å². The van der Waals surface area contributed by atoms with Crippen molar-refractivity contribution in [1.29, 1.82) is 0 Å². The zero-order valence-corrected chi connectivity index (χ0v) is 13.5. The minimum Gasteiger partial charge on any atom is -0.490 e. The third-order valence-electron chi connectivity index (χ3n) is 4.78. The first-order valence-corrected chi connectivity index (χ1v) is 8.67. The molecule has 1 aromatic rings. The molecule has 1 aliphatic carbocycles. The van der Waals surface area contributed by atoms with Gasteiger partial charge in [0, 0.05) is 0 Å². The molecule has 0 aromatic heterocycles. The Morgan fingerprint density at radius 1 is 1.10 bits per heavy atom. The normalized spacial score (nSPS) is 22.0. The summed E-state index contributed by atoms with van der Waals surface area (Å²) in [6.45, 7) is 6.55. The molecule has 1 saturated carbocycles. The van der Waals surface area contributed by atoms with E-state index in [4.69, 9.17) is 4.74 Å². The van der Waals surface area contributed by atoms with Gasteiger partial charge in [0.15, 0.2) is 0 Å². The monoisotopic (exact) mass is 286 g/mol. The molecule has 1 aromatic carbocycles. The van der Waals surface area contributed by atoms with Gasteiger partial charge >= 0.3 is 0 Å². The van der Waals surface area contributed by atoms with Crippen molar-refractivity contribution < 1.29 is 4.74 Å². The zero-order valence-electron chi connectivity index (χ0n) is 13.5. The summed E-state index contributed by atoms with van der Waals surface area (Å²) >= 11 is 0. The first-order chi connectivity index (χ1) is 10.3. The second kappa shape index (κ2) is 8.92. The predicted octanol–water partition coefficient (Wildman–Crippen LogP) is 6.11. The second-order valence-corrected chi connectivity index (χ2v) is 6.38. The molecule has 0 N–H and O–H groups in total. The number of unbranched alkanes of at least 4 members (excludes halogenated alkanes) is 2. The van der Waals surface area contributed by atoms with Crippen LogP contribution in [0.1, 0.15) is 69.8 Å². The fraction of sp³-hybridized carbons (Fsp3) is 0.600. The van der Waals surface area contributed by atoms with Gasteiger partial charge in [-0.1, -0.05) is 57.4 Å². The summed E-state index contributed by atoms with van der Waals surface area (Å²) in [5.41, 5.74) is 1.49. The molecular weight excluding hydrogens is 256 g/mol. The van der Waals surface area contributed by atoms with Crippen LogP contribution < -0.4 is 4.74 Å². The van der Waals surface area contributed by atoms with Crippen LogP contribution in [0.5, 0.6) is 5.75 Å². The molecule has 0 atom stereocenters. The lowest BCUT2D eigenvalue weighted by Crippen LogP contribution is -2.13. The van der Waals surface area contributed by atoms with Gasteiger partial charge in [-0.2, -0.15) is 0 Å². The fourth-order valence-electron chi connectivity index (χ4n) is 3.46. The molecule has 1 aliphatic rings. The van der Waals surface area contributed by atoms with Gasteiger partial charge < -0.3 is 4.74 Å². The molecule has 2 rings (SSSR count). The quantitative estimate of drug-likeness (QED) is 0.414. The van der Waals surface area contributed by atoms with Crippen molar-refractivity contribution in [1.82, 2.24) is 0 Å². The number of ether oxygens (including phenoxy) is 1. The topological polar surface area (TPSA) is 9.23 Å². The fourth-order valence-corrected chi connectivity index (χ4v) is 3.46. The van der Waals surface area contributed by atoms with Crippen LogP contribution in [0.3, 0.4) is 0 Å². The van der Waals surface area contributed by atoms with Gasteiger partial charge in [0.05, 0.1) is 0 Å². The third kappa shape index (κ3) is 5.22. The van der Waals surface area contributed by atoms with Crippen LogP contribution in [0.25, 0.3) is 0 Å². The van der Waals surface area contributed by atoms with Gasteiger partial charge in [-0.05, 0) is 55.2 Å². The average Bonchev–Trinajstić information content (AvgIpc) is 2.54. The first-order valence-electron chi connectivity index (χ1n) is 8.67. The maximum absolute atomic E-state index is 5.55. The minimum absolute atomic E-state index is 0.586. The molecule has 0 heterocycles. The Morgan fingerprint density at radius 3 is 2.43 bits per heavy atom.